The number of benzene rings is 2. The number of halogens is 1. The predicted octanol–water partition coefficient (Wildman–Crippen LogP) is 5.07. The van der Waals surface area contributed by atoms with E-state index in [2.05, 4.69) is 31.3 Å². The SMILES string of the molecule is CC(C)Oc1ccc2c(c1)C(C)(C)C1COc3c(F)cccc3C1N2. The highest BCUT2D eigenvalue weighted by atomic mass is 19.1. The van der Waals surface area contributed by atoms with E-state index in [1.807, 2.05) is 26.0 Å². The summed E-state index contributed by atoms with van der Waals surface area (Å²) in [6, 6.07) is 11.4. The minimum atomic E-state index is -0.290. The van der Waals surface area contributed by atoms with E-state index >= 15 is 0 Å². The number of hydrogen-bond acceptors (Lipinski definition) is 3. The van der Waals surface area contributed by atoms with Crippen LogP contribution in [0.3, 0.4) is 0 Å². The molecule has 0 saturated heterocycles. The zero-order valence-electron chi connectivity index (χ0n) is 15.1. The molecule has 4 rings (SSSR count). The summed E-state index contributed by atoms with van der Waals surface area (Å²) in [5, 5.41) is 3.62. The fraction of sp³-hybridized carbons (Fsp3) is 0.429. The number of fused-ring (bicyclic) bond motifs is 4. The largest absolute Gasteiger partial charge is 0.491 e. The van der Waals surface area contributed by atoms with Crippen LogP contribution in [0.2, 0.25) is 0 Å². The van der Waals surface area contributed by atoms with Gasteiger partial charge in [0.1, 0.15) is 5.75 Å². The van der Waals surface area contributed by atoms with Gasteiger partial charge in [0.05, 0.1) is 18.8 Å². The maximum absolute atomic E-state index is 14.1. The predicted molar refractivity (Wildman–Crippen MR) is 97.0 cm³/mol. The van der Waals surface area contributed by atoms with Crippen LogP contribution in [0, 0.1) is 11.7 Å². The Morgan fingerprint density at radius 2 is 2.04 bits per heavy atom. The summed E-state index contributed by atoms with van der Waals surface area (Å²) in [6.07, 6.45) is 0.137. The number of rotatable bonds is 2. The maximum atomic E-state index is 14.1. The normalized spacial score (nSPS) is 23.0. The molecular weight excluding hydrogens is 317 g/mol. The summed E-state index contributed by atoms with van der Waals surface area (Å²) in [4.78, 5) is 0. The van der Waals surface area contributed by atoms with Crippen molar-refractivity contribution in [3.8, 4) is 11.5 Å². The third kappa shape index (κ3) is 2.55. The lowest BCUT2D eigenvalue weighted by molar-refractivity contribution is 0.130. The third-order valence-corrected chi connectivity index (χ3v) is 5.44. The second kappa shape index (κ2) is 5.65. The average Bonchev–Trinajstić information content (AvgIpc) is 2.55. The second-order valence-electron chi connectivity index (χ2n) is 7.79. The Morgan fingerprint density at radius 3 is 2.80 bits per heavy atom. The molecule has 3 nitrogen and oxygen atoms in total. The van der Waals surface area contributed by atoms with Crippen molar-refractivity contribution in [2.45, 2.75) is 45.3 Å². The van der Waals surface area contributed by atoms with E-state index in [-0.39, 0.29) is 29.3 Å². The molecule has 0 aliphatic carbocycles. The van der Waals surface area contributed by atoms with Crippen LogP contribution in [-0.2, 0) is 5.41 Å². The van der Waals surface area contributed by atoms with Crippen molar-refractivity contribution in [2.75, 3.05) is 11.9 Å². The number of hydrogen-bond donors (Lipinski definition) is 1. The molecule has 0 amide bonds. The standard InChI is InChI=1S/C21H24FNO2/c1-12(2)25-13-8-9-18-15(10-13)21(3,4)16-11-24-20-14(19(16)23-18)6-5-7-17(20)22/h5-10,12,16,19,23H,11H2,1-4H3. The highest BCUT2D eigenvalue weighted by Gasteiger charge is 2.46. The topological polar surface area (TPSA) is 30.5 Å². The van der Waals surface area contributed by atoms with Gasteiger partial charge in [0.25, 0.3) is 0 Å². The van der Waals surface area contributed by atoms with Crippen molar-refractivity contribution >= 4 is 5.69 Å². The molecule has 2 heterocycles. The van der Waals surface area contributed by atoms with Crippen molar-refractivity contribution in [3.05, 3.63) is 53.3 Å². The lowest BCUT2D eigenvalue weighted by atomic mass is 9.65. The van der Waals surface area contributed by atoms with E-state index in [1.165, 1.54) is 11.6 Å². The smallest absolute Gasteiger partial charge is 0.165 e. The molecule has 0 fully saturated rings. The van der Waals surface area contributed by atoms with E-state index in [9.17, 15) is 4.39 Å². The molecule has 132 valence electrons. The summed E-state index contributed by atoms with van der Waals surface area (Å²) in [5.74, 6) is 1.19. The number of nitrogens with one attached hydrogen (secondary N) is 1. The maximum Gasteiger partial charge on any atom is 0.165 e. The summed E-state index contributed by atoms with van der Waals surface area (Å²) in [6.45, 7) is 9.01. The van der Waals surface area contributed by atoms with Crippen molar-refractivity contribution < 1.29 is 13.9 Å². The van der Waals surface area contributed by atoms with Gasteiger partial charge in [-0.15, -0.1) is 0 Å². The molecule has 4 heteroatoms. The Hall–Kier alpha value is -2.23. The highest BCUT2D eigenvalue weighted by molar-refractivity contribution is 5.63. The average molecular weight is 341 g/mol. The van der Waals surface area contributed by atoms with E-state index in [0.29, 0.717) is 12.4 Å². The molecule has 2 aliphatic rings. The lowest BCUT2D eigenvalue weighted by Gasteiger charge is -2.48. The minimum Gasteiger partial charge on any atom is -0.491 e. The van der Waals surface area contributed by atoms with E-state index in [4.69, 9.17) is 9.47 Å². The number of anilines is 1. The first-order chi connectivity index (χ1) is 11.9. The van der Waals surface area contributed by atoms with Crippen molar-refractivity contribution in [2.24, 2.45) is 5.92 Å². The summed E-state index contributed by atoms with van der Waals surface area (Å²) < 4.78 is 25.8. The summed E-state index contributed by atoms with van der Waals surface area (Å²) >= 11 is 0. The van der Waals surface area contributed by atoms with E-state index < -0.39 is 0 Å². The van der Waals surface area contributed by atoms with E-state index in [0.717, 1.165) is 17.0 Å². The first-order valence-corrected chi connectivity index (χ1v) is 8.87. The second-order valence-corrected chi connectivity index (χ2v) is 7.79. The molecule has 25 heavy (non-hydrogen) atoms. The van der Waals surface area contributed by atoms with Gasteiger partial charge in [-0.3, -0.25) is 0 Å². The molecule has 0 spiro atoms. The van der Waals surface area contributed by atoms with Crippen LogP contribution in [-0.4, -0.2) is 12.7 Å². The van der Waals surface area contributed by atoms with Gasteiger partial charge in [0.15, 0.2) is 11.6 Å². The van der Waals surface area contributed by atoms with Crippen LogP contribution in [0.15, 0.2) is 36.4 Å². The Labute approximate surface area is 148 Å². The van der Waals surface area contributed by atoms with Gasteiger partial charge in [-0.1, -0.05) is 26.0 Å². The van der Waals surface area contributed by atoms with Gasteiger partial charge in [0.2, 0.25) is 0 Å². The van der Waals surface area contributed by atoms with E-state index in [1.54, 1.807) is 6.07 Å². The third-order valence-electron chi connectivity index (χ3n) is 5.44. The molecule has 0 radical (unpaired) electrons. The van der Waals surface area contributed by atoms with Crippen LogP contribution in [0.25, 0.3) is 0 Å². The zero-order chi connectivity index (χ0) is 17.8. The quantitative estimate of drug-likeness (QED) is 0.827. The Morgan fingerprint density at radius 1 is 1.24 bits per heavy atom. The fourth-order valence-electron chi connectivity index (χ4n) is 4.11. The van der Waals surface area contributed by atoms with Crippen LogP contribution >= 0.6 is 0 Å². The van der Waals surface area contributed by atoms with Crippen molar-refractivity contribution in [1.29, 1.82) is 0 Å². The summed E-state index contributed by atoms with van der Waals surface area (Å²) in [7, 11) is 0. The lowest BCUT2D eigenvalue weighted by Crippen LogP contribution is -2.46. The monoisotopic (exact) mass is 341 g/mol. The van der Waals surface area contributed by atoms with Crippen LogP contribution in [0.1, 0.15) is 44.9 Å². The van der Waals surface area contributed by atoms with Crippen molar-refractivity contribution in [3.63, 3.8) is 0 Å². The Balaban J connectivity index is 1.79. The minimum absolute atomic E-state index is 0.0406. The molecule has 2 atom stereocenters. The van der Waals surface area contributed by atoms with Crippen LogP contribution < -0.4 is 14.8 Å². The number of ether oxygens (including phenoxy) is 2. The first kappa shape index (κ1) is 16.2. The molecule has 2 unspecified atom stereocenters. The van der Waals surface area contributed by atoms with Gasteiger partial charge in [-0.2, -0.15) is 0 Å². The number of para-hydroxylation sites is 1. The Bertz CT molecular complexity index is 816. The van der Waals surface area contributed by atoms with Crippen molar-refractivity contribution in [1.82, 2.24) is 0 Å². The molecule has 2 aliphatic heterocycles. The van der Waals surface area contributed by atoms with Gasteiger partial charge in [0, 0.05) is 22.6 Å². The van der Waals surface area contributed by atoms with Gasteiger partial charge in [-0.05, 0) is 43.7 Å². The molecule has 2 aromatic rings. The summed E-state index contributed by atoms with van der Waals surface area (Å²) in [5.41, 5.74) is 3.08. The van der Waals surface area contributed by atoms with Gasteiger partial charge in [-0.25, -0.2) is 4.39 Å². The molecule has 0 saturated carbocycles. The molecule has 1 N–H and O–H groups in total. The van der Waals surface area contributed by atoms with Gasteiger partial charge < -0.3 is 14.8 Å². The Kier molecular flexibility index (Phi) is 3.67. The highest BCUT2D eigenvalue weighted by Crippen LogP contribution is 2.52. The van der Waals surface area contributed by atoms with Gasteiger partial charge >= 0.3 is 0 Å². The molecule has 2 aromatic carbocycles. The molecule has 0 bridgehead atoms. The molecule has 0 aromatic heterocycles. The van der Waals surface area contributed by atoms with Crippen LogP contribution in [0.5, 0.6) is 11.5 Å². The molecular formula is C21H24FNO2. The first-order valence-electron chi connectivity index (χ1n) is 8.87. The fourth-order valence-corrected chi connectivity index (χ4v) is 4.11. The van der Waals surface area contributed by atoms with Crippen LogP contribution in [0.4, 0.5) is 10.1 Å². The zero-order valence-corrected chi connectivity index (χ0v) is 15.1.